The van der Waals surface area contributed by atoms with Crippen molar-refractivity contribution in [3.05, 3.63) is 34.6 Å². The van der Waals surface area contributed by atoms with Crippen molar-refractivity contribution in [2.45, 2.75) is 19.3 Å². The normalized spacial score (nSPS) is 20.4. The first-order valence-corrected chi connectivity index (χ1v) is 7.43. The van der Waals surface area contributed by atoms with Gasteiger partial charge in [-0.25, -0.2) is 4.39 Å². The number of carbonyl (C=O) groups is 1. The Morgan fingerprint density at radius 3 is 2.57 bits per heavy atom. The predicted molar refractivity (Wildman–Crippen MR) is 83.7 cm³/mol. The molecule has 2 saturated heterocycles. The van der Waals surface area contributed by atoms with E-state index >= 15 is 0 Å². The van der Waals surface area contributed by atoms with E-state index in [1.54, 1.807) is 0 Å². The molecule has 0 atom stereocenters. The molecule has 1 N–H and O–H groups in total. The van der Waals surface area contributed by atoms with Crippen molar-refractivity contribution in [1.82, 2.24) is 10.2 Å². The molecule has 1 aromatic rings. The van der Waals surface area contributed by atoms with Crippen LogP contribution >= 0.6 is 24.0 Å². The highest BCUT2D eigenvalue weighted by atomic mass is 35.5. The molecule has 116 valence electrons. The average molecular weight is 333 g/mol. The Hall–Kier alpha value is -0.840. The monoisotopic (exact) mass is 332 g/mol. The first-order chi connectivity index (χ1) is 9.60. The van der Waals surface area contributed by atoms with E-state index < -0.39 is 5.82 Å². The summed E-state index contributed by atoms with van der Waals surface area (Å²) in [5.41, 5.74) is 0.775. The highest BCUT2D eigenvalue weighted by molar-refractivity contribution is 6.33. The summed E-state index contributed by atoms with van der Waals surface area (Å²) in [6.45, 7) is 3.66. The van der Waals surface area contributed by atoms with Gasteiger partial charge >= 0.3 is 0 Å². The fraction of sp³-hybridized carbons (Fsp3) is 0.533. The molecule has 2 aliphatic heterocycles. The molecule has 1 aromatic carbocycles. The van der Waals surface area contributed by atoms with Crippen LogP contribution in [0.4, 0.5) is 4.39 Å². The lowest BCUT2D eigenvalue weighted by Crippen LogP contribution is -2.44. The fourth-order valence-electron chi connectivity index (χ4n) is 3.24. The Morgan fingerprint density at radius 1 is 1.29 bits per heavy atom. The summed E-state index contributed by atoms with van der Waals surface area (Å²) in [6, 6.07) is 3.95. The molecule has 0 aliphatic carbocycles. The van der Waals surface area contributed by atoms with E-state index in [4.69, 9.17) is 11.6 Å². The van der Waals surface area contributed by atoms with Crippen LogP contribution in [0.1, 0.15) is 29.6 Å². The van der Waals surface area contributed by atoms with Crippen molar-refractivity contribution in [1.29, 1.82) is 0 Å². The molecule has 6 heteroatoms. The minimum Gasteiger partial charge on any atom is -0.339 e. The zero-order valence-corrected chi connectivity index (χ0v) is 13.3. The topological polar surface area (TPSA) is 32.3 Å². The predicted octanol–water partition coefficient (Wildman–Crippen LogP) is 3.12. The van der Waals surface area contributed by atoms with Crippen LogP contribution in [0.25, 0.3) is 0 Å². The summed E-state index contributed by atoms with van der Waals surface area (Å²) < 4.78 is 13.0. The molecule has 0 unspecified atom stereocenters. The maximum Gasteiger partial charge on any atom is 0.255 e. The van der Waals surface area contributed by atoms with Crippen molar-refractivity contribution in [3.63, 3.8) is 0 Å². The van der Waals surface area contributed by atoms with Crippen LogP contribution in [0.5, 0.6) is 0 Å². The number of nitrogens with one attached hydrogen (secondary N) is 1. The third-order valence-corrected chi connectivity index (χ3v) is 4.92. The molecule has 0 aromatic heterocycles. The van der Waals surface area contributed by atoms with Gasteiger partial charge in [0.2, 0.25) is 0 Å². The van der Waals surface area contributed by atoms with Gasteiger partial charge in [0.25, 0.3) is 5.91 Å². The Bertz CT molecular complexity index is 522. The quantitative estimate of drug-likeness (QED) is 0.856. The lowest BCUT2D eigenvalue weighted by atomic mass is 9.78. The minimum absolute atomic E-state index is 0. The Kier molecular flexibility index (Phi) is 5.12. The van der Waals surface area contributed by atoms with Crippen LogP contribution in [0, 0.1) is 11.2 Å². The lowest BCUT2D eigenvalue weighted by Gasteiger charge is -2.39. The van der Waals surface area contributed by atoms with Crippen LogP contribution in [0.15, 0.2) is 18.2 Å². The minimum atomic E-state index is -0.416. The van der Waals surface area contributed by atoms with E-state index in [0.717, 1.165) is 39.0 Å². The van der Waals surface area contributed by atoms with Crippen molar-refractivity contribution in [2.24, 2.45) is 5.41 Å². The largest absolute Gasteiger partial charge is 0.339 e. The Labute approximate surface area is 135 Å². The third-order valence-electron chi connectivity index (χ3n) is 4.60. The molecular formula is C15H19Cl2FN2O. The Morgan fingerprint density at radius 2 is 2.00 bits per heavy atom. The van der Waals surface area contributed by atoms with Crippen LogP contribution in [-0.4, -0.2) is 37.0 Å². The number of hydrogen-bond donors (Lipinski definition) is 1. The smallest absolute Gasteiger partial charge is 0.255 e. The molecule has 21 heavy (non-hydrogen) atoms. The standard InChI is InChI=1S/C15H18ClFN2O.ClH/c16-13-9-11(17)1-2-12(13)14(20)19-7-4-15(5-8-19)3-6-18-10-15;/h1-2,9,18H,3-8,10H2;1H. The molecule has 1 spiro atoms. The summed E-state index contributed by atoms with van der Waals surface area (Å²) >= 11 is 5.97. The van der Waals surface area contributed by atoms with Crippen LogP contribution in [-0.2, 0) is 0 Å². The number of hydrogen-bond acceptors (Lipinski definition) is 2. The number of halogens is 3. The van der Waals surface area contributed by atoms with Crippen LogP contribution in [0.3, 0.4) is 0 Å². The highest BCUT2D eigenvalue weighted by Gasteiger charge is 2.38. The fourth-order valence-corrected chi connectivity index (χ4v) is 3.49. The maximum atomic E-state index is 13.0. The number of benzene rings is 1. The van der Waals surface area contributed by atoms with Gasteiger partial charge in [0, 0.05) is 19.6 Å². The molecule has 2 aliphatic rings. The number of rotatable bonds is 1. The summed E-state index contributed by atoms with van der Waals surface area (Å²) in [5, 5.41) is 3.60. The summed E-state index contributed by atoms with van der Waals surface area (Å²) in [4.78, 5) is 14.3. The molecule has 0 radical (unpaired) electrons. The lowest BCUT2D eigenvalue weighted by molar-refractivity contribution is 0.0608. The van der Waals surface area contributed by atoms with Gasteiger partial charge in [0.1, 0.15) is 5.82 Å². The third kappa shape index (κ3) is 3.33. The highest BCUT2D eigenvalue weighted by Crippen LogP contribution is 2.37. The molecule has 2 fully saturated rings. The Balaban J connectivity index is 0.00000161. The van der Waals surface area contributed by atoms with Crippen LogP contribution in [0.2, 0.25) is 5.02 Å². The van der Waals surface area contributed by atoms with Gasteiger partial charge in [-0.2, -0.15) is 0 Å². The number of nitrogens with zero attached hydrogens (tertiary/aromatic N) is 1. The average Bonchev–Trinajstić information content (AvgIpc) is 2.87. The molecule has 2 heterocycles. The van der Waals surface area contributed by atoms with Gasteiger partial charge in [0.15, 0.2) is 0 Å². The van der Waals surface area contributed by atoms with E-state index in [1.165, 1.54) is 24.6 Å². The van der Waals surface area contributed by atoms with Gasteiger partial charge in [-0.1, -0.05) is 11.6 Å². The van der Waals surface area contributed by atoms with Gasteiger partial charge in [0.05, 0.1) is 10.6 Å². The molecule has 0 bridgehead atoms. The second kappa shape index (κ2) is 6.51. The zero-order chi connectivity index (χ0) is 14.2. The number of likely N-dealkylation sites (tertiary alicyclic amines) is 1. The van der Waals surface area contributed by atoms with E-state index in [-0.39, 0.29) is 23.3 Å². The van der Waals surface area contributed by atoms with Gasteiger partial charge in [-0.05, 0) is 49.4 Å². The molecule has 3 rings (SSSR count). The van der Waals surface area contributed by atoms with E-state index in [0.29, 0.717) is 11.0 Å². The van der Waals surface area contributed by atoms with Crippen molar-refractivity contribution in [2.75, 3.05) is 26.2 Å². The summed E-state index contributed by atoms with van der Waals surface area (Å²) in [6.07, 6.45) is 3.27. The zero-order valence-electron chi connectivity index (χ0n) is 11.7. The van der Waals surface area contributed by atoms with Gasteiger partial charge in [-0.3, -0.25) is 4.79 Å². The number of carbonyl (C=O) groups excluding carboxylic acids is 1. The SMILES string of the molecule is Cl.O=C(c1ccc(F)cc1Cl)N1CCC2(CCNC2)CC1. The van der Waals surface area contributed by atoms with Gasteiger partial charge in [-0.15, -0.1) is 12.4 Å². The molecule has 3 nitrogen and oxygen atoms in total. The number of amides is 1. The van der Waals surface area contributed by atoms with Crippen LogP contribution < -0.4 is 5.32 Å². The molecule has 1 amide bonds. The number of piperidine rings is 1. The van der Waals surface area contributed by atoms with Crippen molar-refractivity contribution in [3.8, 4) is 0 Å². The summed E-state index contributed by atoms with van der Waals surface area (Å²) in [7, 11) is 0. The first-order valence-electron chi connectivity index (χ1n) is 7.05. The molecular weight excluding hydrogens is 314 g/mol. The second-order valence-corrected chi connectivity index (χ2v) is 6.25. The maximum absolute atomic E-state index is 13.0. The van der Waals surface area contributed by atoms with Crippen molar-refractivity contribution >= 4 is 29.9 Å². The van der Waals surface area contributed by atoms with E-state index in [2.05, 4.69) is 5.32 Å². The van der Waals surface area contributed by atoms with E-state index in [1.807, 2.05) is 4.90 Å². The van der Waals surface area contributed by atoms with E-state index in [9.17, 15) is 9.18 Å². The first kappa shape index (κ1) is 16.5. The van der Waals surface area contributed by atoms with Gasteiger partial charge < -0.3 is 10.2 Å². The molecule has 0 saturated carbocycles. The second-order valence-electron chi connectivity index (χ2n) is 5.84. The van der Waals surface area contributed by atoms with Crippen molar-refractivity contribution < 1.29 is 9.18 Å². The summed E-state index contributed by atoms with van der Waals surface area (Å²) in [5.74, 6) is -0.503.